The van der Waals surface area contributed by atoms with Crippen molar-refractivity contribution in [3.63, 3.8) is 0 Å². The topological polar surface area (TPSA) is 32.3 Å². The van der Waals surface area contributed by atoms with Crippen LogP contribution < -0.4 is 5.32 Å². The Bertz CT molecular complexity index is 208. The molecule has 2 fully saturated rings. The Morgan fingerprint density at radius 2 is 2.00 bits per heavy atom. The minimum absolute atomic E-state index is 0.153. The molecule has 14 heavy (non-hydrogen) atoms. The highest BCUT2D eigenvalue weighted by Gasteiger charge is 2.51. The summed E-state index contributed by atoms with van der Waals surface area (Å²) in [4.78, 5) is 0. The molecule has 2 nitrogen and oxygen atoms in total. The van der Waals surface area contributed by atoms with Gasteiger partial charge < -0.3 is 10.4 Å². The Kier molecular flexibility index (Phi) is 2.61. The van der Waals surface area contributed by atoms with Crippen LogP contribution in [-0.2, 0) is 0 Å². The van der Waals surface area contributed by atoms with Gasteiger partial charge in [-0.2, -0.15) is 0 Å². The second kappa shape index (κ2) is 3.49. The van der Waals surface area contributed by atoms with Crippen LogP contribution in [0.1, 0.15) is 46.0 Å². The third-order valence-electron chi connectivity index (χ3n) is 4.79. The van der Waals surface area contributed by atoms with E-state index in [1.807, 2.05) is 6.92 Å². The first kappa shape index (κ1) is 10.4. The Hall–Kier alpha value is -0.0800. The lowest BCUT2D eigenvalue weighted by Gasteiger charge is -2.45. The van der Waals surface area contributed by atoms with E-state index in [9.17, 15) is 5.11 Å². The highest BCUT2D eigenvalue weighted by Crippen LogP contribution is 2.52. The quantitative estimate of drug-likeness (QED) is 0.673. The van der Waals surface area contributed by atoms with Crippen molar-refractivity contribution in [1.82, 2.24) is 5.32 Å². The third kappa shape index (κ3) is 1.49. The Labute approximate surface area is 87.1 Å². The fraction of sp³-hybridized carbons (Fsp3) is 1.00. The molecular weight excluding hydrogens is 174 g/mol. The van der Waals surface area contributed by atoms with Crippen LogP contribution in [0.25, 0.3) is 0 Å². The summed E-state index contributed by atoms with van der Waals surface area (Å²) in [5.74, 6) is 0.675. The zero-order chi connectivity index (χ0) is 10.2. The first-order chi connectivity index (χ1) is 6.56. The monoisotopic (exact) mass is 197 g/mol. The smallest absolute Gasteiger partial charge is 0.0676 e. The number of nitrogens with one attached hydrogen (secondary N) is 1. The van der Waals surface area contributed by atoms with E-state index in [2.05, 4.69) is 12.2 Å². The van der Waals surface area contributed by atoms with Crippen LogP contribution in [0.2, 0.25) is 0 Å². The van der Waals surface area contributed by atoms with Crippen LogP contribution in [0.4, 0.5) is 0 Å². The molecule has 3 atom stereocenters. The second-order valence-corrected chi connectivity index (χ2v) is 5.59. The van der Waals surface area contributed by atoms with Crippen LogP contribution in [-0.4, -0.2) is 23.8 Å². The molecule has 2 aliphatic rings. The highest BCUT2D eigenvalue weighted by molar-refractivity contribution is 5.03. The van der Waals surface area contributed by atoms with Gasteiger partial charge in [-0.1, -0.05) is 6.92 Å². The molecule has 0 amide bonds. The fourth-order valence-electron chi connectivity index (χ4n) is 3.39. The lowest BCUT2D eigenvalue weighted by atomic mass is 9.65. The van der Waals surface area contributed by atoms with Gasteiger partial charge in [0.2, 0.25) is 0 Å². The molecule has 0 bridgehead atoms. The standard InChI is InChI=1S/C12H23NO/c1-11(6-4-7-12(11,2)14)10-5-3-8-13-9-10/h10,13-14H,3-9H2,1-2H3. The van der Waals surface area contributed by atoms with E-state index in [1.54, 1.807) is 0 Å². The molecule has 0 aromatic carbocycles. The summed E-state index contributed by atoms with van der Waals surface area (Å²) >= 11 is 0. The van der Waals surface area contributed by atoms with E-state index in [0.717, 1.165) is 19.5 Å². The lowest BCUT2D eigenvalue weighted by Crippen LogP contribution is -2.49. The van der Waals surface area contributed by atoms with E-state index >= 15 is 0 Å². The number of rotatable bonds is 1. The Balaban J connectivity index is 2.13. The average Bonchev–Trinajstić information content (AvgIpc) is 2.44. The third-order valence-corrected chi connectivity index (χ3v) is 4.79. The van der Waals surface area contributed by atoms with Gasteiger partial charge in [-0.05, 0) is 58.0 Å². The summed E-state index contributed by atoms with van der Waals surface area (Å²) in [6.45, 7) is 6.59. The van der Waals surface area contributed by atoms with Crippen LogP contribution in [0.15, 0.2) is 0 Å². The molecule has 2 heteroatoms. The summed E-state index contributed by atoms with van der Waals surface area (Å²) < 4.78 is 0. The van der Waals surface area contributed by atoms with Crippen molar-refractivity contribution in [3.8, 4) is 0 Å². The van der Waals surface area contributed by atoms with Gasteiger partial charge in [0.15, 0.2) is 0 Å². The molecule has 0 spiro atoms. The van der Waals surface area contributed by atoms with Crippen molar-refractivity contribution in [2.75, 3.05) is 13.1 Å². The van der Waals surface area contributed by atoms with Gasteiger partial charge >= 0.3 is 0 Å². The molecule has 1 aliphatic heterocycles. The minimum Gasteiger partial charge on any atom is -0.390 e. The first-order valence-electron chi connectivity index (χ1n) is 5.99. The molecule has 3 unspecified atom stereocenters. The molecular formula is C12H23NO. The average molecular weight is 197 g/mol. The molecule has 1 heterocycles. The van der Waals surface area contributed by atoms with Crippen LogP contribution in [0, 0.1) is 11.3 Å². The van der Waals surface area contributed by atoms with Crippen molar-refractivity contribution in [2.24, 2.45) is 11.3 Å². The molecule has 0 aromatic rings. The van der Waals surface area contributed by atoms with E-state index in [0.29, 0.717) is 5.92 Å². The Morgan fingerprint density at radius 1 is 1.21 bits per heavy atom. The van der Waals surface area contributed by atoms with Crippen molar-refractivity contribution >= 4 is 0 Å². The van der Waals surface area contributed by atoms with E-state index < -0.39 is 5.60 Å². The molecule has 82 valence electrons. The normalized spacial score (nSPS) is 49.5. The van der Waals surface area contributed by atoms with Gasteiger partial charge in [0.25, 0.3) is 0 Å². The van der Waals surface area contributed by atoms with Crippen LogP contribution >= 0.6 is 0 Å². The maximum Gasteiger partial charge on any atom is 0.0676 e. The maximum absolute atomic E-state index is 10.4. The van der Waals surface area contributed by atoms with Crippen molar-refractivity contribution in [3.05, 3.63) is 0 Å². The number of hydrogen-bond acceptors (Lipinski definition) is 2. The maximum atomic E-state index is 10.4. The largest absolute Gasteiger partial charge is 0.390 e. The van der Waals surface area contributed by atoms with Crippen molar-refractivity contribution < 1.29 is 5.11 Å². The fourth-order valence-corrected chi connectivity index (χ4v) is 3.39. The van der Waals surface area contributed by atoms with E-state index in [-0.39, 0.29) is 5.41 Å². The molecule has 2 N–H and O–H groups in total. The van der Waals surface area contributed by atoms with Gasteiger partial charge in [0.05, 0.1) is 5.60 Å². The summed E-state index contributed by atoms with van der Waals surface area (Å²) in [5, 5.41) is 13.9. The zero-order valence-electron chi connectivity index (χ0n) is 9.47. The van der Waals surface area contributed by atoms with Crippen molar-refractivity contribution in [1.29, 1.82) is 0 Å². The molecule has 2 rings (SSSR count). The van der Waals surface area contributed by atoms with Crippen molar-refractivity contribution in [2.45, 2.75) is 51.6 Å². The van der Waals surface area contributed by atoms with E-state index in [1.165, 1.54) is 25.7 Å². The summed E-state index contributed by atoms with van der Waals surface area (Å²) in [7, 11) is 0. The Morgan fingerprint density at radius 3 is 2.50 bits per heavy atom. The molecule has 0 aromatic heterocycles. The minimum atomic E-state index is -0.434. The number of piperidine rings is 1. The predicted octanol–water partition coefficient (Wildman–Crippen LogP) is 1.93. The number of hydrogen-bond donors (Lipinski definition) is 2. The summed E-state index contributed by atoms with van der Waals surface area (Å²) in [6.07, 6.45) is 5.95. The van der Waals surface area contributed by atoms with Crippen LogP contribution in [0.3, 0.4) is 0 Å². The SMILES string of the molecule is CC1(O)CCCC1(C)C1CCCNC1. The van der Waals surface area contributed by atoms with Gasteiger partial charge in [-0.25, -0.2) is 0 Å². The summed E-state index contributed by atoms with van der Waals surface area (Å²) in [5.41, 5.74) is -0.281. The lowest BCUT2D eigenvalue weighted by molar-refractivity contribution is -0.0736. The van der Waals surface area contributed by atoms with Gasteiger partial charge in [0, 0.05) is 5.41 Å². The molecule has 1 aliphatic carbocycles. The van der Waals surface area contributed by atoms with Gasteiger partial charge in [0.1, 0.15) is 0 Å². The number of aliphatic hydroxyl groups is 1. The van der Waals surface area contributed by atoms with E-state index in [4.69, 9.17) is 0 Å². The predicted molar refractivity (Wildman–Crippen MR) is 58.2 cm³/mol. The molecule has 1 saturated heterocycles. The highest BCUT2D eigenvalue weighted by atomic mass is 16.3. The first-order valence-corrected chi connectivity index (χ1v) is 5.99. The van der Waals surface area contributed by atoms with Crippen LogP contribution in [0.5, 0.6) is 0 Å². The molecule has 0 radical (unpaired) electrons. The van der Waals surface area contributed by atoms with Gasteiger partial charge in [-0.15, -0.1) is 0 Å². The second-order valence-electron chi connectivity index (χ2n) is 5.59. The summed E-state index contributed by atoms with van der Waals surface area (Å²) in [6, 6.07) is 0. The molecule has 1 saturated carbocycles. The van der Waals surface area contributed by atoms with Gasteiger partial charge in [-0.3, -0.25) is 0 Å². The zero-order valence-corrected chi connectivity index (χ0v) is 9.47.